The van der Waals surface area contributed by atoms with Crippen LogP contribution >= 0.6 is 0 Å². The highest BCUT2D eigenvalue weighted by Gasteiger charge is 2.26. The van der Waals surface area contributed by atoms with Gasteiger partial charge in [0.25, 0.3) is 0 Å². The fraction of sp³-hybridized carbons (Fsp3) is 0.950. The predicted octanol–water partition coefficient (Wildman–Crippen LogP) is 6.83. The van der Waals surface area contributed by atoms with Gasteiger partial charge in [-0.1, -0.05) is 78.6 Å². The average molecular weight is 310 g/mol. The van der Waals surface area contributed by atoms with E-state index in [0.29, 0.717) is 12.0 Å². The van der Waals surface area contributed by atoms with Crippen molar-refractivity contribution in [3.05, 3.63) is 0 Å². The van der Waals surface area contributed by atoms with Crippen LogP contribution in [-0.4, -0.2) is 12.6 Å². The lowest BCUT2D eigenvalue weighted by Crippen LogP contribution is -2.20. The van der Waals surface area contributed by atoms with Crippen LogP contribution in [0.5, 0.6) is 0 Å². The summed E-state index contributed by atoms with van der Waals surface area (Å²) >= 11 is 0. The van der Waals surface area contributed by atoms with E-state index in [-0.39, 0.29) is 0 Å². The number of carbonyl (C=O) groups excluding carboxylic acids is 1. The summed E-state index contributed by atoms with van der Waals surface area (Å²) in [5.74, 6) is 0. The molecule has 0 spiro atoms. The van der Waals surface area contributed by atoms with E-state index in [9.17, 15) is 4.79 Å². The first kappa shape index (κ1) is 21.4. The van der Waals surface area contributed by atoms with Gasteiger partial charge in [0, 0.05) is 0 Å². The van der Waals surface area contributed by atoms with E-state index >= 15 is 0 Å². The molecule has 0 amide bonds. The zero-order valence-corrected chi connectivity index (χ0v) is 15.5. The molecule has 0 aromatic heterocycles. The zero-order valence-electron chi connectivity index (χ0n) is 15.5. The third-order valence-corrected chi connectivity index (χ3v) is 4.88. The van der Waals surface area contributed by atoms with Crippen LogP contribution in [-0.2, 0) is 4.79 Å². The molecule has 0 heterocycles. The van der Waals surface area contributed by atoms with Crippen molar-refractivity contribution in [1.82, 2.24) is 0 Å². The lowest BCUT2D eigenvalue weighted by atomic mass is 9.72. The number of aliphatic imine (C=N–C) groups is 1. The summed E-state index contributed by atoms with van der Waals surface area (Å²) in [4.78, 5) is 13.5. The van der Waals surface area contributed by atoms with Gasteiger partial charge >= 0.3 is 0 Å². The van der Waals surface area contributed by atoms with E-state index in [1.807, 2.05) is 0 Å². The summed E-state index contributed by atoms with van der Waals surface area (Å²) in [5.41, 5.74) is 0.644. The second-order valence-corrected chi connectivity index (χ2v) is 6.95. The van der Waals surface area contributed by atoms with Gasteiger partial charge in [-0.15, -0.1) is 0 Å². The van der Waals surface area contributed by atoms with E-state index in [1.54, 1.807) is 6.08 Å². The van der Waals surface area contributed by atoms with Crippen molar-refractivity contribution in [3.8, 4) is 0 Å². The van der Waals surface area contributed by atoms with Gasteiger partial charge in [-0.3, -0.25) is 0 Å². The van der Waals surface area contributed by atoms with Crippen molar-refractivity contribution in [2.24, 2.45) is 10.4 Å². The molecule has 22 heavy (non-hydrogen) atoms. The van der Waals surface area contributed by atoms with Crippen LogP contribution in [0.15, 0.2) is 4.99 Å². The van der Waals surface area contributed by atoms with Gasteiger partial charge < -0.3 is 0 Å². The minimum absolute atomic E-state index is 0.644. The van der Waals surface area contributed by atoms with Crippen LogP contribution in [0.3, 0.4) is 0 Å². The van der Waals surface area contributed by atoms with Gasteiger partial charge in [-0.25, -0.2) is 9.79 Å². The van der Waals surface area contributed by atoms with E-state index < -0.39 is 0 Å². The van der Waals surface area contributed by atoms with Crippen LogP contribution in [0.25, 0.3) is 0 Å². The first-order chi connectivity index (χ1) is 10.7. The molecule has 0 bridgehead atoms. The fourth-order valence-electron chi connectivity index (χ4n) is 3.96. The van der Waals surface area contributed by atoms with Crippen molar-refractivity contribution in [3.63, 3.8) is 0 Å². The number of isocyanates is 1. The average Bonchev–Trinajstić information content (AvgIpc) is 2.50. The first-order valence-corrected chi connectivity index (χ1v) is 9.78. The van der Waals surface area contributed by atoms with Crippen molar-refractivity contribution in [2.75, 3.05) is 6.54 Å². The summed E-state index contributed by atoms with van der Waals surface area (Å²) in [7, 11) is 0. The molecule has 0 aromatic carbocycles. The van der Waals surface area contributed by atoms with Gasteiger partial charge in [0.2, 0.25) is 6.08 Å². The molecule has 0 atom stereocenters. The van der Waals surface area contributed by atoms with Crippen LogP contribution in [0.2, 0.25) is 0 Å². The Labute approximate surface area is 139 Å². The maximum Gasteiger partial charge on any atom is 0.234 e. The molecular weight excluding hydrogens is 270 g/mol. The summed E-state index contributed by atoms with van der Waals surface area (Å²) in [6.07, 6.45) is 20.4. The molecule has 0 N–H and O–H groups in total. The molecule has 0 aliphatic carbocycles. The monoisotopic (exact) mass is 309 g/mol. The molecule has 0 aromatic rings. The summed E-state index contributed by atoms with van der Waals surface area (Å²) < 4.78 is 0. The molecule has 0 fully saturated rings. The minimum atomic E-state index is 0.644. The molecule has 0 saturated carbocycles. The summed E-state index contributed by atoms with van der Waals surface area (Å²) in [6, 6.07) is 0. The lowest BCUT2D eigenvalue weighted by molar-refractivity contribution is 0.185. The number of unbranched alkanes of at least 4 members (excludes halogenated alkanes) is 6. The number of rotatable bonds is 16. The van der Waals surface area contributed by atoms with E-state index in [1.165, 1.54) is 83.5 Å². The lowest BCUT2D eigenvalue weighted by Gasteiger charge is -2.34. The third kappa shape index (κ3) is 11.0. The van der Waals surface area contributed by atoms with Gasteiger partial charge in [0.05, 0.1) is 6.54 Å². The molecule has 2 nitrogen and oxygen atoms in total. The Kier molecular flexibility index (Phi) is 14.9. The Bertz CT molecular complexity index is 264. The van der Waals surface area contributed by atoms with Gasteiger partial charge in [0.1, 0.15) is 0 Å². The van der Waals surface area contributed by atoms with Gasteiger partial charge in [-0.05, 0) is 37.5 Å². The fourth-order valence-corrected chi connectivity index (χ4v) is 3.96. The van der Waals surface area contributed by atoms with Crippen LogP contribution < -0.4 is 0 Å². The topological polar surface area (TPSA) is 29.4 Å². The second-order valence-electron chi connectivity index (χ2n) is 6.95. The largest absolute Gasteiger partial charge is 0.234 e. The van der Waals surface area contributed by atoms with E-state index in [2.05, 4.69) is 25.8 Å². The Morgan fingerprint density at radius 1 is 0.682 bits per heavy atom. The smallest absolute Gasteiger partial charge is 0.211 e. The van der Waals surface area contributed by atoms with E-state index in [4.69, 9.17) is 0 Å². The predicted molar refractivity (Wildman–Crippen MR) is 97.1 cm³/mol. The molecular formula is C20H39NO. The zero-order chi connectivity index (χ0) is 16.5. The molecule has 0 radical (unpaired) electrons. The number of hydrogen-bond donors (Lipinski definition) is 0. The van der Waals surface area contributed by atoms with Crippen molar-refractivity contribution in [2.45, 2.75) is 111 Å². The molecule has 0 saturated heterocycles. The molecule has 0 aliphatic rings. The van der Waals surface area contributed by atoms with Crippen LogP contribution in [0.4, 0.5) is 0 Å². The normalized spacial score (nSPS) is 11.4. The quantitative estimate of drug-likeness (QED) is 0.174. The minimum Gasteiger partial charge on any atom is -0.211 e. The molecule has 0 rings (SSSR count). The Morgan fingerprint density at radius 3 is 1.59 bits per heavy atom. The molecule has 2 heteroatoms. The van der Waals surface area contributed by atoms with Gasteiger partial charge in [-0.2, -0.15) is 0 Å². The Morgan fingerprint density at radius 2 is 1.14 bits per heavy atom. The highest BCUT2D eigenvalue weighted by molar-refractivity contribution is 5.32. The maximum atomic E-state index is 9.94. The number of hydrogen-bond acceptors (Lipinski definition) is 2. The second kappa shape index (κ2) is 15.3. The summed E-state index contributed by atoms with van der Waals surface area (Å²) in [6.45, 7) is 7.69. The first-order valence-electron chi connectivity index (χ1n) is 9.78. The van der Waals surface area contributed by atoms with Crippen LogP contribution in [0, 0.1) is 5.41 Å². The highest BCUT2D eigenvalue weighted by Crippen LogP contribution is 2.40. The molecule has 0 unspecified atom stereocenters. The number of nitrogens with zero attached hydrogens (tertiary/aromatic N) is 1. The molecule has 130 valence electrons. The van der Waals surface area contributed by atoms with E-state index in [0.717, 1.165) is 6.42 Å². The summed E-state index contributed by atoms with van der Waals surface area (Å²) in [5, 5.41) is 0. The Balaban J connectivity index is 3.76. The van der Waals surface area contributed by atoms with Crippen molar-refractivity contribution in [1.29, 1.82) is 0 Å². The third-order valence-electron chi connectivity index (χ3n) is 4.88. The standard InChI is InChI=1S/C20H39NO/c1-4-14-20(15-5-2,16-6-3)17-12-10-8-7-9-11-13-18-21-19-22/h4-18H2,1-3H3. The van der Waals surface area contributed by atoms with Crippen molar-refractivity contribution >= 4 is 6.08 Å². The molecule has 0 aliphatic heterocycles. The Hall–Kier alpha value is -0.620. The highest BCUT2D eigenvalue weighted by atomic mass is 16.1. The SMILES string of the molecule is CCCC(CCC)(CCC)CCCCCCCCCN=C=O. The van der Waals surface area contributed by atoms with Crippen LogP contribution in [0.1, 0.15) is 111 Å². The maximum absolute atomic E-state index is 9.94. The van der Waals surface area contributed by atoms with Gasteiger partial charge in [0.15, 0.2) is 0 Å². The van der Waals surface area contributed by atoms with Crippen molar-refractivity contribution < 1.29 is 4.79 Å².